The first kappa shape index (κ1) is 13.4. The molecule has 5 nitrogen and oxygen atoms in total. The van der Waals surface area contributed by atoms with Gasteiger partial charge in [0.05, 0.1) is 17.6 Å². The van der Waals surface area contributed by atoms with E-state index in [0.29, 0.717) is 24.7 Å². The number of alkyl halides is 1. The number of nitrogens with zero attached hydrogens (tertiary/aromatic N) is 3. The molecule has 0 aliphatic carbocycles. The van der Waals surface area contributed by atoms with Gasteiger partial charge in [0.1, 0.15) is 5.69 Å². The highest BCUT2D eigenvalue weighted by atomic mass is 35.5. The molecule has 1 aliphatic heterocycles. The van der Waals surface area contributed by atoms with Crippen molar-refractivity contribution in [3.05, 3.63) is 18.0 Å². The number of hydrogen-bond donors (Lipinski definition) is 0. The normalized spacial score (nSPS) is 23.1. The lowest BCUT2D eigenvalue weighted by Gasteiger charge is -2.42. The Hall–Kier alpha value is -1.07. The molecular weight excluding hydrogens is 254 g/mol. The minimum atomic E-state index is -0.369. The van der Waals surface area contributed by atoms with Gasteiger partial charge in [0.2, 0.25) is 0 Å². The zero-order valence-electron chi connectivity index (χ0n) is 10.9. The van der Waals surface area contributed by atoms with Gasteiger partial charge in [-0.25, -0.2) is 0 Å². The topological polar surface area (TPSA) is 47.4 Å². The average Bonchev–Trinajstić information content (AvgIpc) is 2.72. The quantitative estimate of drug-likeness (QED) is 0.762. The van der Waals surface area contributed by atoms with Crippen molar-refractivity contribution < 1.29 is 9.53 Å². The number of amides is 1. The summed E-state index contributed by atoms with van der Waals surface area (Å²) in [7, 11) is 1.76. The summed E-state index contributed by atoms with van der Waals surface area (Å²) >= 11 is 5.85. The van der Waals surface area contributed by atoms with E-state index in [0.717, 1.165) is 0 Å². The number of aryl methyl sites for hydroxylation is 1. The second kappa shape index (κ2) is 4.90. The summed E-state index contributed by atoms with van der Waals surface area (Å²) in [6, 6.07) is 1.72. The number of morpholine rings is 1. The number of aromatic nitrogens is 2. The van der Waals surface area contributed by atoms with E-state index in [4.69, 9.17) is 16.3 Å². The number of rotatable bonds is 2. The van der Waals surface area contributed by atoms with E-state index in [-0.39, 0.29) is 17.6 Å². The van der Waals surface area contributed by atoms with Gasteiger partial charge in [0.25, 0.3) is 5.91 Å². The molecule has 0 bridgehead atoms. The number of carbonyl (C=O) groups is 1. The highest BCUT2D eigenvalue weighted by Crippen LogP contribution is 2.23. The first-order valence-electron chi connectivity index (χ1n) is 5.94. The molecule has 6 heteroatoms. The van der Waals surface area contributed by atoms with Gasteiger partial charge in [-0.1, -0.05) is 0 Å². The van der Waals surface area contributed by atoms with E-state index in [1.807, 2.05) is 13.8 Å². The molecule has 0 radical (unpaired) electrons. The Bertz CT molecular complexity index is 444. The SMILES string of the molecule is Cn1nccc1C(=O)N1CC(CCl)OC(C)(C)C1. The molecule has 1 aromatic heterocycles. The lowest BCUT2D eigenvalue weighted by molar-refractivity contribution is -0.117. The van der Waals surface area contributed by atoms with Crippen LogP contribution in [0.15, 0.2) is 12.3 Å². The van der Waals surface area contributed by atoms with Crippen LogP contribution in [-0.2, 0) is 11.8 Å². The molecule has 18 heavy (non-hydrogen) atoms. The third-order valence-electron chi connectivity index (χ3n) is 2.98. The van der Waals surface area contributed by atoms with Crippen LogP contribution in [0.2, 0.25) is 0 Å². The van der Waals surface area contributed by atoms with Crippen molar-refractivity contribution in [2.75, 3.05) is 19.0 Å². The Morgan fingerprint density at radius 1 is 1.67 bits per heavy atom. The molecule has 0 saturated carbocycles. The van der Waals surface area contributed by atoms with E-state index < -0.39 is 0 Å². The molecular formula is C12H18ClN3O2. The standard InChI is InChI=1S/C12H18ClN3O2/c1-12(2)8-16(7-9(6-13)18-12)11(17)10-4-5-14-15(10)3/h4-5,9H,6-8H2,1-3H3. The summed E-state index contributed by atoms with van der Waals surface area (Å²) < 4.78 is 7.39. The maximum Gasteiger partial charge on any atom is 0.272 e. The Labute approximate surface area is 112 Å². The first-order chi connectivity index (χ1) is 8.43. The molecule has 1 aromatic rings. The number of ether oxygens (including phenoxy) is 1. The van der Waals surface area contributed by atoms with Crippen molar-refractivity contribution in [2.45, 2.75) is 25.6 Å². The minimum absolute atomic E-state index is 0.0264. The van der Waals surface area contributed by atoms with E-state index in [2.05, 4.69) is 5.10 Å². The zero-order valence-corrected chi connectivity index (χ0v) is 11.6. The summed E-state index contributed by atoms with van der Waals surface area (Å²) in [5.74, 6) is 0.361. The molecule has 1 atom stereocenters. The van der Waals surface area contributed by atoms with Gasteiger partial charge in [-0.15, -0.1) is 11.6 Å². The summed E-state index contributed by atoms with van der Waals surface area (Å²) in [6.07, 6.45) is 1.50. The van der Waals surface area contributed by atoms with Crippen LogP contribution in [0, 0.1) is 0 Å². The fourth-order valence-corrected chi connectivity index (χ4v) is 2.44. The van der Waals surface area contributed by atoms with Crippen molar-refractivity contribution in [1.82, 2.24) is 14.7 Å². The summed E-state index contributed by atoms with van der Waals surface area (Å²) in [6.45, 7) is 5.02. The van der Waals surface area contributed by atoms with Crippen LogP contribution in [0.1, 0.15) is 24.3 Å². The maximum atomic E-state index is 12.4. The van der Waals surface area contributed by atoms with Crippen LogP contribution >= 0.6 is 11.6 Å². The monoisotopic (exact) mass is 271 g/mol. The summed E-state index contributed by atoms with van der Waals surface area (Å²) in [5, 5.41) is 4.02. The van der Waals surface area contributed by atoms with E-state index in [1.54, 1.807) is 28.9 Å². The van der Waals surface area contributed by atoms with Crippen molar-refractivity contribution in [2.24, 2.45) is 7.05 Å². The van der Waals surface area contributed by atoms with Gasteiger partial charge in [0, 0.05) is 26.3 Å². The van der Waals surface area contributed by atoms with Crippen LogP contribution < -0.4 is 0 Å². The van der Waals surface area contributed by atoms with Gasteiger partial charge in [-0.2, -0.15) is 5.10 Å². The van der Waals surface area contributed by atoms with Gasteiger partial charge >= 0.3 is 0 Å². The second-order valence-electron chi connectivity index (χ2n) is 5.18. The largest absolute Gasteiger partial charge is 0.367 e. The van der Waals surface area contributed by atoms with Crippen molar-refractivity contribution in [3.63, 3.8) is 0 Å². The van der Waals surface area contributed by atoms with Crippen molar-refractivity contribution in [1.29, 1.82) is 0 Å². The first-order valence-corrected chi connectivity index (χ1v) is 6.47. The lowest BCUT2D eigenvalue weighted by Crippen LogP contribution is -2.55. The molecule has 1 saturated heterocycles. The third-order valence-corrected chi connectivity index (χ3v) is 3.32. The highest BCUT2D eigenvalue weighted by molar-refractivity contribution is 6.18. The van der Waals surface area contributed by atoms with Crippen molar-refractivity contribution in [3.8, 4) is 0 Å². The number of halogens is 1. The van der Waals surface area contributed by atoms with Gasteiger partial charge in [-0.3, -0.25) is 9.48 Å². The Morgan fingerprint density at radius 3 is 2.94 bits per heavy atom. The Morgan fingerprint density at radius 2 is 2.39 bits per heavy atom. The minimum Gasteiger partial charge on any atom is -0.367 e. The van der Waals surface area contributed by atoms with Gasteiger partial charge in [0.15, 0.2) is 0 Å². The molecule has 1 amide bonds. The molecule has 0 spiro atoms. The maximum absolute atomic E-state index is 12.4. The van der Waals surface area contributed by atoms with E-state index in [1.165, 1.54) is 0 Å². The molecule has 0 aromatic carbocycles. The fourth-order valence-electron chi connectivity index (χ4n) is 2.28. The zero-order chi connectivity index (χ0) is 13.3. The molecule has 1 aliphatic rings. The fraction of sp³-hybridized carbons (Fsp3) is 0.667. The second-order valence-corrected chi connectivity index (χ2v) is 5.49. The van der Waals surface area contributed by atoms with E-state index in [9.17, 15) is 4.79 Å². The van der Waals surface area contributed by atoms with Crippen LogP contribution in [-0.4, -0.2) is 51.3 Å². The highest BCUT2D eigenvalue weighted by Gasteiger charge is 2.36. The molecule has 0 N–H and O–H groups in total. The smallest absolute Gasteiger partial charge is 0.272 e. The molecule has 1 fully saturated rings. The predicted molar refractivity (Wildman–Crippen MR) is 68.8 cm³/mol. The van der Waals surface area contributed by atoms with E-state index >= 15 is 0 Å². The summed E-state index contributed by atoms with van der Waals surface area (Å²) in [5.41, 5.74) is 0.215. The third kappa shape index (κ3) is 2.67. The number of hydrogen-bond acceptors (Lipinski definition) is 3. The molecule has 1 unspecified atom stereocenters. The Kier molecular flexibility index (Phi) is 3.64. The van der Waals surface area contributed by atoms with Crippen LogP contribution in [0.5, 0.6) is 0 Å². The van der Waals surface area contributed by atoms with Crippen LogP contribution in [0.4, 0.5) is 0 Å². The Balaban J connectivity index is 2.17. The average molecular weight is 272 g/mol. The van der Waals surface area contributed by atoms with Crippen LogP contribution in [0.25, 0.3) is 0 Å². The lowest BCUT2D eigenvalue weighted by atomic mass is 10.1. The molecule has 100 valence electrons. The van der Waals surface area contributed by atoms with Gasteiger partial charge < -0.3 is 9.64 Å². The van der Waals surface area contributed by atoms with Gasteiger partial charge in [-0.05, 0) is 19.9 Å². The number of carbonyl (C=O) groups excluding carboxylic acids is 1. The van der Waals surface area contributed by atoms with Crippen molar-refractivity contribution >= 4 is 17.5 Å². The summed E-state index contributed by atoms with van der Waals surface area (Å²) in [4.78, 5) is 14.2. The molecule has 2 heterocycles. The molecule has 2 rings (SSSR count). The van der Waals surface area contributed by atoms with Crippen LogP contribution in [0.3, 0.4) is 0 Å². The predicted octanol–water partition coefficient (Wildman–Crippen LogP) is 1.28.